The summed E-state index contributed by atoms with van der Waals surface area (Å²) in [6.07, 6.45) is 2.15. The summed E-state index contributed by atoms with van der Waals surface area (Å²) < 4.78 is 18.9. The SMILES string of the molecule is COc1ccc(-c2nc(C3(c4ccc(F)c(C)c4)CC3)sc2C)cc1. The smallest absolute Gasteiger partial charge is 0.126 e. The van der Waals surface area contributed by atoms with Gasteiger partial charge in [0.05, 0.1) is 12.8 Å². The summed E-state index contributed by atoms with van der Waals surface area (Å²) in [7, 11) is 1.67. The molecule has 0 N–H and O–H groups in total. The highest BCUT2D eigenvalue weighted by Gasteiger charge is 2.48. The van der Waals surface area contributed by atoms with Gasteiger partial charge < -0.3 is 4.74 Å². The number of benzene rings is 2. The predicted octanol–water partition coefficient (Wildman–Crippen LogP) is 5.65. The molecule has 3 aromatic rings. The number of rotatable bonds is 4. The second-order valence-corrected chi connectivity index (χ2v) is 7.90. The lowest BCUT2D eigenvalue weighted by atomic mass is 9.95. The van der Waals surface area contributed by atoms with Crippen molar-refractivity contribution >= 4 is 11.3 Å². The largest absolute Gasteiger partial charge is 0.497 e. The molecule has 4 heteroatoms. The summed E-state index contributed by atoms with van der Waals surface area (Å²) in [4.78, 5) is 6.20. The number of hydrogen-bond acceptors (Lipinski definition) is 3. The van der Waals surface area contributed by atoms with E-state index in [2.05, 4.69) is 6.92 Å². The first kappa shape index (κ1) is 16.3. The quantitative estimate of drug-likeness (QED) is 0.604. The molecule has 1 heterocycles. The van der Waals surface area contributed by atoms with Crippen LogP contribution in [-0.2, 0) is 5.41 Å². The van der Waals surface area contributed by atoms with Crippen molar-refractivity contribution in [2.45, 2.75) is 32.1 Å². The summed E-state index contributed by atoms with van der Waals surface area (Å²) >= 11 is 1.76. The molecule has 0 bridgehead atoms. The lowest BCUT2D eigenvalue weighted by molar-refractivity contribution is 0.415. The molecular formula is C21H20FNOS. The Morgan fingerprint density at radius 3 is 2.40 bits per heavy atom. The van der Waals surface area contributed by atoms with E-state index in [4.69, 9.17) is 9.72 Å². The fraction of sp³-hybridized carbons (Fsp3) is 0.286. The lowest BCUT2D eigenvalue weighted by Crippen LogP contribution is -2.08. The van der Waals surface area contributed by atoms with Crippen LogP contribution in [0, 0.1) is 19.7 Å². The van der Waals surface area contributed by atoms with E-state index in [0.29, 0.717) is 5.56 Å². The highest BCUT2D eigenvalue weighted by Crippen LogP contribution is 2.55. The van der Waals surface area contributed by atoms with E-state index in [1.54, 1.807) is 24.5 Å². The van der Waals surface area contributed by atoms with E-state index in [1.165, 1.54) is 10.4 Å². The zero-order chi connectivity index (χ0) is 17.6. The van der Waals surface area contributed by atoms with Crippen molar-refractivity contribution in [3.05, 3.63) is 69.3 Å². The van der Waals surface area contributed by atoms with Crippen molar-refractivity contribution in [2.75, 3.05) is 7.11 Å². The monoisotopic (exact) mass is 353 g/mol. The minimum Gasteiger partial charge on any atom is -0.497 e. The molecule has 1 saturated carbocycles. The Bertz CT molecular complexity index is 926. The Hall–Kier alpha value is -2.20. The fourth-order valence-corrected chi connectivity index (χ4v) is 4.52. The van der Waals surface area contributed by atoms with Crippen molar-refractivity contribution in [3.63, 3.8) is 0 Å². The van der Waals surface area contributed by atoms with Gasteiger partial charge in [0.2, 0.25) is 0 Å². The van der Waals surface area contributed by atoms with Crippen LogP contribution < -0.4 is 4.74 Å². The minimum absolute atomic E-state index is 0.0292. The molecule has 1 aromatic heterocycles. The first-order chi connectivity index (χ1) is 12.0. The van der Waals surface area contributed by atoms with Gasteiger partial charge in [0.1, 0.15) is 16.6 Å². The Balaban J connectivity index is 1.73. The summed E-state index contributed by atoms with van der Waals surface area (Å²) in [5.74, 6) is 0.700. The van der Waals surface area contributed by atoms with Gasteiger partial charge in [-0.25, -0.2) is 9.37 Å². The molecule has 0 spiro atoms. The molecule has 25 heavy (non-hydrogen) atoms. The molecule has 0 aliphatic heterocycles. The molecule has 0 atom stereocenters. The summed E-state index contributed by atoms with van der Waals surface area (Å²) in [5.41, 5.74) is 3.99. The van der Waals surface area contributed by atoms with Crippen LogP contribution in [0.2, 0.25) is 0 Å². The minimum atomic E-state index is -0.145. The molecule has 0 saturated heterocycles. The van der Waals surface area contributed by atoms with Crippen molar-refractivity contribution in [3.8, 4) is 17.0 Å². The maximum Gasteiger partial charge on any atom is 0.126 e. The van der Waals surface area contributed by atoms with Gasteiger partial charge in [0, 0.05) is 15.9 Å². The third-order valence-electron chi connectivity index (χ3n) is 5.03. The Labute approximate surface area is 151 Å². The molecule has 128 valence electrons. The maximum atomic E-state index is 13.6. The van der Waals surface area contributed by atoms with E-state index in [-0.39, 0.29) is 11.2 Å². The molecule has 0 radical (unpaired) electrons. The van der Waals surface area contributed by atoms with Crippen molar-refractivity contribution < 1.29 is 9.13 Å². The molecule has 1 aliphatic carbocycles. The highest BCUT2D eigenvalue weighted by molar-refractivity contribution is 7.12. The average molecular weight is 353 g/mol. The van der Waals surface area contributed by atoms with Crippen molar-refractivity contribution in [1.29, 1.82) is 0 Å². The van der Waals surface area contributed by atoms with Crippen molar-refractivity contribution in [1.82, 2.24) is 4.98 Å². The van der Waals surface area contributed by atoms with Crippen molar-refractivity contribution in [2.24, 2.45) is 0 Å². The Morgan fingerprint density at radius 1 is 1.08 bits per heavy atom. The summed E-state index contributed by atoms with van der Waals surface area (Å²) in [6, 6.07) is 13.5. The van der Waals surface area contributed by atoms with Crippen LogP contribution in [0.3, 0.4) is 0 Å². The standard InChI is InChI=1S/C21H20FNOS/c1-13-12-16(6-9-18(13)22)21(10-11-21)20-23-19(14(2)25-20)15-4-7-17(24-3)8-5-15/h4-9,12H,10-11H2,1-3H3. The van der Waals surface area contributed by atoms with Gasteiger partial charge in [-0.3, -0.25) is 0 Å². The van der Waals surface area contributed by atoms with Crippen LogP contribution >= 0.6 is 11.3 Å². The van der Waals surface area contributed by atoms with Gasteiger partial charge in [0.15, 0.2) is 0 Å². The van der Waals surface area contributed by atoms with E-state index in [9.17, 15) is 4.39 Å². The number of methoxy groups -OCH3 is 1. The second kappa shape index (κ2) is 5.95. The highest BCUT2D eigenvalue weighted by atomic mass is 32.1. The van der Waals surface area contributed by atoms with Gasteiger partial charge in [-0.05, 0) is 68.1 Å². The normalized spacial score (nSPS) is 15.2. The molecule has 4 rings (SSSR count). The van der Waals surface area contributed by atoms with E-state index in [1.807, 2.05) is 43.3 Å². The molecular weight excluding hydrogens is 333 g/mol. The molecule has 0 unspecified atom stereocenters. The van der Waals surface area contributed by atoms with Gasteiger partial charge in [-0.15, -0.1) is 11.3 Å². The molecule has 1 aliphatic rings. The maximum absolute atomic E-state index is 13.6. The number of hydrogen-bond donors (Lipinski definition) is 0. The number of ether oxygens (including phenoxy) is 1. The zero-order valence-electron chi connectivity index (χ0n) is 14.6. The van der Waals surface area contributed by atoms with Crippen LogP contribution in [0.1, 0.15) is 33.9 Å². The van der Waals surface area contributed by atoms with Crippen LogP contribution in [0.5, 0.6) is 5.75 Å². The summed E-state index contributed by atoms with van der Waals surface area (Å²) in [5, 5.41) is 1.14. The van der Waals surface area contributed by atoms with E-state index in [0.717, 1.165) is 34.9 Å². The second-order valence-electron chi connectivity index (χ2n) is 6.70. The lowest BCUT2D eigenvalue weighted by Gasteiger charge is -2.13. The molecule has 1 fully saturated rings. The van der Waals surface area contributed by atoms with Gasteiger partial charge in [-0.1, -0.05) is 12.1 Å². The fourth-order valence-electron chi connectivity index (χ4n) is 3.31. The van der Waals surface area contributed by atoms with E-state index < -0.39 is 0 Å². The van der Waals surface area contributed by atoms with Gasteiger partial charge >= 0.3 is 0 Å². The zero-order valence-corrected chi connectivity index (χ0v) is 15.4. The topological polar surface area (TPSA) is 22.1 Å². The first-order valence-electron chi connectivity index (χ1n) is 8.42. The first-order valence-corrected chi connectivity index (χ1v) is 9.24. The number of aryl methyl sites for hydroxylation is 2. The van der Waals surface area contributed by atoms with Gasteiger partial charge in [0.25, 0.3) is 0 Å². The average Bonchev–Trinajstić information content (AvgIpc) is 3.34. The number of aromatic nitrogens is 1. The van der Waals surface area contributed by atoms with Crippen LogP contribution in [0.15, 0.2) is 42.5 Å². The number of halogens is 1. The Kier molecular flexibility index (Phi) is 3.88. The van der Waals surface area contributed by atoms with Crippen LogP contribution in [0.25, 0.3) is 11.3 Å². The Morgan fingerprint density at radius 2 is 1.80 bits per heavy atom. The third-order valence-corrected chi connectivity index (χ3v) is 6.20. The van der Waals surface area contributed by atoms with Crippen LogP contribution in [-0.4, -0.2) is 12.1 Å². The number of nitrogens with zero attached hydrogens (tertiary/aromatic N) is 1. The third kappa shape index (κ3) is 2.74. The summed E-state index contributed by atoms with van der Waals surface area (Å²) in [6.45, 7) is 3.94. The van der Waals surface area contributed by atoms with Crippen LogP contribution in [0.4, 0.5) is 4.39 Å². The predicted molar refractivity (Wildman–Crippen MR) is 100.0 cm³/mol. The number of thiazole rings is 1. The molecule has 2 nitrogen and oxygen atoms in total. The molecule has 2 aromatic carbocycles. The van der Waals surface area contributed by atoms with E-state index >= 15 is 0 Å². The van der Waals surface area contributed by atoms with Gasteiger partial charge in [-0.2, -0.15) is 0 Å². The molecule has 0 amide bonds.